The number of benzene rings is 1. The van der Waals surface area contributed by atoms with Gasteiger partial charge in [-0.2, -0.15) is 0 Å². The maximum Gasteiger partial charge on any atom is 0.331 e. The molecule has 0 saturated carbocycles. The largest absolute Gasteiger partial charge is 0.464 e. The summed E-state index contributed by atoms with van der Waals surface area (Å²) in [5.74, 6) is -0.212. The molecule has 1 rings (SSSR count). The van der Waals surface area contributed by atoms with Gasteiger partial charge in [0.2, 0.25) is 0 Å². The van der Waals surface area contributed by atoms with E-state index in [-0.39, 0.29) is 5.97 Å². The molecule has 0 amide bonds. The van der Waals surface area contributed by atoms with Gasteiger partial charge in [0.15, 0.2) is 0 Å². The lowest BCUT2D eigenvalue weighted by molar-refractivity contribution is -0.152. The lowest BCUT2D eigenvalue weighted by Crippen LogP contribution is -2.50. The summed E-state index contributed by atoms with van der Waals surface area (Å²) in [6, 6.07) is 10.2. The van der Waals surface area contributed by atoms with Crippen molar-refractivity contribution in [3.8, 4) is 0 Å². The highest BCUT2D eigenvalue weighted by Crippen LogP contribution is 2.27. The molecule has 1 unspecified atom stereocenters. The zero-order chi connectivity index (χ0) is 15.9. The Hall–Kier alpha value is -1.39. The Morgan fingerprint density at radius 3 is 2.43 bits per heavy atom. The minimum Gasteiger partial charge on any atom is -0.464 e. The Bertz CT molecular complexity index is 434. The molecule has 0 aromatic heterocycles. The van der Waals surface area contributed by atoms with Crippen LogP contribution >= 0.6 is 0 Å². The zero-order valence-corrected chi connectivity index (χ0v) is 13.8. The van der Waals surface area contributed by atoms with E-state index in [0.29, 0.717) is 19.1 Å². The molecule has 1 atom stereocenters. The fourth-order valence-electron chi connectivity index (χ4n) is 2.31. The Morgan fingerprint density at radius 2 is 1.95 bits per heavy atom. The number of likely N-dealkylation sites (N-methyl/N-ethyl adjacent to an activating group) is 1. The van der Waals surface area contributed by atoms with Gasteiger partial charge in [0, 0.05) is 12.6 Å². The van der Waals surface area contributed by atoms with Crippen LogP contribution in [0.25, 0.3) is 0 Å². The van der Waals surface area contributed by atoms with Gasteiger partial charge in [-0.05, 0) is 46.9 Å². The molecule has 0 saturated heterocycles. The molecule has 0 spiro atoms. The van der Waals surface area contributed by atoms with Gasteiger partial charge < -0.3 is 15.0 Å². The highest BCUT2D eigenvalue weighted by atomic mass is 16.5. The number of esters is 1. The number of hydrogen-bond donors (Lipinski definition) is 1. The van der Waals surface area contributed by atoms with E-state index in [1.807, 2.05) is 44.3 Å². The molecule has 0 bridgehead atoms. The number of hydrogen-bond acceptors (Lipinski definition) is 4. The maximum absolute atomic E-state index is 12.6. The van der Waals surface area contributed by atoms with Crippen LogP contribution < -0.4 is 5.32 Å². The van der Waals surface area contributed by atoms with Crippen LogP contribution in [0, 0.1) is 0 Å². The van der Waals surface area contributed by atoms with Gasteiger partial charge in [-0.15, -0.1) is 0 Å². The van der Waals surface area contributed by atoms with Crippen LogP contribution in [-0.2, 0) is 15.1 Å². The normalized spacial score (nSPS) is 14.2. The van der Waals surface area contributed by atoms with Crippen molar-refractivity contribution >= 4 is 5.97 Å². The predicted octanol–water partition coefficient (Wildman–Crippen LogP) is 2.39. The molecule has 4 heteroatoms. The van der Waals surface area contributed by atoms with Crippen molar-refractivity contribution < 1.29 is 9.53 Å². The molecular formula is C17H28N2O2. The number of rotatable bonds is 8. The summed E-state index contributed by atoms with van der Waals surface area (Å²) in [6.45, 7) is 7.33. The fraction of sp³-hybridized carbons (Fsp3) is 0.588. The second-order valence-corrected chi connectivity index (χ2v) is 5.57. The maximum atomic E-state index is 12.6. The van der Waals surface area contributed by atoms with Gasteiger partial charge in [0.05, 0.1) is 6.61 Å². The highest BCUT2D eigenvalue weighted by molar-refractivity contribution is 5.82. The lowest BCUT2D eigenvalue weighted by atomic mass is 9.86. The number of nitrogens with zero attached hydrogens (tertiary/aromatic N) is 1. The van der Waals surface area contributed by atoms with E-state index in [4.69, 9.17) is 4.74 Å². The molecule has 0 aliphatic carbocycles. The minimum atomic E-state index is -0.791. The summed E-state index contributed by atoms with van der Waals surface area (Å²) in [5, 5.41) is 3.21. The van der Waals surface area contributed by atoms with E-state index in [1.54, 1.807) is 0 Å². The number of carbonyl (C=O) groups excluding carboxylic acids is 1. The van der Waals surface area contributed by atoms with Gasteiger partial charge in [0.25, 0.3) is 0 Å². The summed E-state index contributed by atoms with van der Waals surface area (Å²) >= 11 is 0. The second-order valence-electron chi connectivity index (χ2n) is 5.57. The third-order valence-corrected chi connectivity index (χ3v) is 4.04. The molecule has 0 heterocycles. The van der Waals surface area contributed by atoms with E-state index in [1.165, 1.54) is 0 Å². The first-order valence-corrected chi connectivity index (χ1v) is 7.59. The van der Waals surface area contributed by atoms with Crippen LogP contribution in [0.3, 0.4) is 0 Å². The molecule has 0 fully saturated rings. The first kappa shape index (κ1) is 17.7. The van der Waals surface area contributed by atoms with Gasteiger partial charge >= 0.3 is 5.97 Å². The number of ether oxygens (including phenoxy) is 1. The van der Waals surface area contributed by atoms with Gasteiger partial charge in [-0.3, -0.25) is 0 Å². The van der Waals surface area contributed by atoms with E-state index < -0.39 is 5.54 Å². The van der Waals surface area contributed by atoms with E-state index >= 15 is 0 Å². The average Bonchev–Trinajstić information content (AvgIpc) is 2.49. The molecule has 1 N–H and O–H groups in total. The summed E-state index contributed by atoms with van der Waals surface area (Å²) in [4.78, 5) is 14.8. The third-order valence-electron chi connectivity index (χ3n) is 4.04. The minimum absolute atomic E-state index is 0.212. The van der Waals surface area contributed by atoms with Crippen molar-refractivity contribution in [2.24, 2.45) is 0 Å². The van der Waals surface area contributed by atoms with Crippen LogP contribution in [0.2, 0.25) is 0 Å². The number of carbonyl (C=O) groups is 1. The van der Waals surface area contributed by atoms with Crippen molar-refractivity contribution in [2.75, 3.05) is 27.2 Å². The van der Waals surface area contributed by atoms with Crippen molar-refractivity contribution in [1.82, 2.24) is 10.2 Å². The molecule has 118 valence electrons. The molecule has 1 aromatic carbocycles. The van der Waals surface area contributed by atoms with Crippen LogP contribution in [0.15, 0.2) is 30.3 Å². The quantitative estimate of drug-likeness (QED) is 0.747. The topological polar surface area (TPSA) is 41.6 Å². The van der Waals surface area contributed by atoms with Crippen molar-refractivity contribution in [2.45, 2.75) is 38.8 Å². The van der Waals surface area contributed by atoms with Crippen molar-refractivity contribution in [3.05, 3.63) is 35.9 Å². The summed E-state index contributed by atoms with van der Waals surface area (Å²) < 4.78 is 5.33. The lowest BCUT2D eigenvalue weighted by Gasteiger charge is -2.34. The van der Waals surface area contributed by atoms with E-state index in [2.05, 4.69) is 31.1 Å². The van der Waals surface area contributed by atoms with Gasteiger partial charge in [-0.25, -0.2) is 4.79 Å². The predicted molar refractivity (Wildman–Crippen MR) is 86.2 cm³/mol. The second kappa shape index (κ2) is 8.15. The van der Waals surface area contributed by atoms with Crippen LogP contribution in [0.1, 0.15) is 32.8 Å². The SMILES string of the molecule is CCOC(=O)C(CCN(C)C(C)C)(NC)c1ccccc1. The first-order valence-electron chi connectivity index (χ1n) is 7.59. The van der Waals surface area contributed by atoms with E-state index in [0.717, 1.165) is 12.1 Å². The van der Waals surface area contributed by atoms with Crippen LogP contribution in [0.5, 0.6) is 0 Å². The molecule has 0 radical (unpaired) electrons. The van der Waals surface area contributed by atoms with Crippen LogP contribution in [-0.4, -0.2) is 44.2 Å². The summed E-state index contributed by atoms with van der Waals surface area (Å²) in [7, 11) is 3.89. The van der Waals surface area contributed by atoms with Gasteiger partial charge in [-0.1, -0.05) is 30.3 Å². The van der Waals surface area contributed by atoms with Crippen molar-refractivity contribution in [1.29, 1.82) is 0 Å². The third kappa shape index (κ3) is 4.29. The summed E-state index contributed by atoms with van der Waals surface area (Å²) in [5.41, 5.74) is 0.156. The monoisotopic (exact) mass is 292 g/mol. The Morgan fingerprint density at radius 1 is 1.33 bits per heavy atom. The molecule has 0 aliphatic heterocycles. The van der Waals surface area contributed by atoms with Crippen molar-refractivity contribution in [3.63, 3.8) is 0 Å². The molecule has 1 aromatic rings. The smallest absolute Gasteiger partial charge is 0.331 e. The standard InChI is InChI=1S/C17H28N2O2/c1-6-21-16(20)17(18-4,12-13-19(5)14(2)3)15-10-8-7-9-11-15/h7-11,14,18H,6,12-13H2,1-5H3. The molecule has 21 heavy (non-hydrogen) atoms. The molecule has 0 aliphatic rings. The fourth-order valence-corrected chi connectivity index (χ4v) is 2.31. The Labute approximate surface area is 128 Å². The molecule has 4 nitrogen and oxygen atoms in total. The Balaban J connectivity index is 3.06. The number of nitrogens with one attached hydrogen (secondary N) is 1. The van der Waals surface area contributed by atoms with Gasteiger partial charge in [0.1, 0.15) is 5.54 Å². The summed E-state index contributed by atoms with van der Waals surface area (Å²) in [6.07, 6.45) is 0.668. The average molecular weight is 292 g/mol. The Kier molecular flexibility index (Phi) is 6.85. The highest BCUT2D eigenvalue weighted by Gasteiger charge is 2.40. The first-order chi connectivity index (χ1) is 9.97. The van der Waals surface area contributed by atoms with Crippen LogP contribution in [0.4, 0.5) is 0 Å². The zero-order valence-electron chi connectivity index (χ0n) is 13.8. The molecular weight excluding hydrogens is 264 g/mol. The van der Waals surface area contributed by atoms with E-state index in [9.17, 15) is 4.79 Å².